The quantitative estimate of drug-likeness (QED) is 0.181. The smallest absolute Gasteiger partial charge is 0.547 e. The van der Waals surface area contributed by atoms with Crippen molar-refractivity contribution < 1.29 is 95.0 Å². The molecule has 6 aliphatic heterocycles. The number of halogens is 2. The van der Waals surface area contributed by atoms with Gasteiger partial charge in [-0.15, -0.1) is 0 Å². The largest absolute Gasteiger partial charge is 1.00 e. The molecule has 440 valence electrons. The first-order valence-electron chi connectivity index (χ1n) is 28.9. The normalized spacial score (nSPS) is 17.3. The summed E-state index contributed by atoms with van der Waals surface area (Å²) in [5.41, 5.74) is 6.63. The molecule has 6 aliphatic rings. The molecule has 12 rings (SSSR count). The van der Waals surface area contributed by atoms with E-state index < -0.39 is 58.7 Å². The summed E-state index contributed by atoms with van der Waals surface area (Å²) < 4.78 is 45.5. The number of piperidine rings is 2. The molecule has 0 spiro atoms. The van der Waals surface area contributed by atoms with Gasteiger partial charge in [-0.2, -0.15) is 0 Å². The van der Waals surface area contributed by atoms with Crippen LogP contribution >= 0.6 is 0 Å². The summed E-state index contributed by atoms with van der Waals surface area (Å²) in [5, 5.41) is 24.5. The molecule has 0 aliphatic carbocycles. The van der Waals surface area contributed by atoms with Crippen LogP contribution in [0.4, 0.5) is 18.4 Å². The number of aromatic nitrogens is 4. The Morgan fingerprint density at radius 1 is 0.535 bits per heavy atom. The van der Waals surface area contributed by atoms with Gasteiger partial charge in [-0.25, -0.2) is 28.3 Å². The number of nitrogens with zero attached hydrogens (tertiary/aromatic N) is 8. The molecule has 2 atom stereocenters. The first-order valence-corrected chi connectivity index (χ1v) is 28.9. The number of hydrogen-bond acceptors (Lipinski definition) is 12. The molecule has 2 saturated heterocycles. The molecule has 0 radical (unpaired) electrons. The van der Waals surface area contributed by atoms with Crippen molar-refractivity contribution in [3.63, 3.8) is 0 Å². The summed E-state index contributed by atoms with van der Waals surface area (Å²) in [7, 11) is 0. The van der Waals surface area contributed by atoms with Crippen molar-refractivity contribution in [3.05, 3.63) is 153 Å². The van der Waals surface area contributed by atoms with E-state index in [0.29, 0.717) is 61.5 Å². The Labute approximate surface area is 522 Å². The standard InChI is InChI=1S/2C32H35FN4O5.2Li/c2*1-32(2,3)42-31(41)35-13-10-21(11-14-35)19-6-8-20(9-7-19)22-15-23-24(25(33)16-22)17-37(29(23)38)28(30(39)40)27-26-5-4-12-36(26)18-34-27;;/h2*6-9,15-16,18,21,28H,4-5,10-14,17H2,1-3H3,(H,39,40);;/q;;2*+1/p-2. The molecule has 0 bridgehead atoms. The number of hydrogen-bond donors (Lipinski definition) is 0. The van der Waals surface area contributed by atoms with E-state index in [4.69, 9.17) is 9.47 Å². The van der Waals surface area contributed by atoms with E-state index in [2.05, 4.69) is 9.97 Å². The van der Waals surface area contributed by atoms with Crippen LogP contribution in [0.25, 0.3) is 22.3 Å². The van der Waals surface area contributed by atoms with Gasteiger partial charge in [-0.3, -0.25) is 9.59 Å². The number of amides is 4. The minimum absolute atomic E-state index is 0. The topological polar surface area (TPSA) is 216 Å². The maximum Gasteiger partial charge on any atom is 1.00 e. The molecule has 4 amide bonds. The number of fused-ring (bicyclic) bond motifs is 4. The van der Waals surface area contributed by atoms with Crippen molar-refractivity contribution in [1.29, 1.82) is 0 Å². The molecule has 18 nitrogen and oxygen atoms in total. The van der Waals surface area contributed by atoms with Crippen molar-refractivity contribution in [2.45, 2.75) is 154 Å². The minimum Gasteiger partial charge on any atom is -0.547 e. The number of likely N-dealkylation sites (tertiary alicyclic amines) is 2. The molecule has 2 aromatic heterocycles. The molecule has 2 fully saturated rings. The maximum absolute atomic E-state index is 15.4. The molecular formula is C64H68F2Li2N8O10. The SMILES string of the molecule is CC(C)(C)OC(=O)N1CCC(c2ccc(-c3cc(F)c4c(c3)C(=O)N(C(C(=O)[O-])c3ncn5c3CCC5)C4)cc2)CC1.CC(C)(C)OC(=O)N1CCC(c2ccc(-c3cc(F)c4c(c3)C(=O)N(C(C(=O)[O-])c3ncn5c3CCC5)C4)cc2)CC1.[Li+].[Li+]. The van der Waals surface area contributed by atoms with Gasteiger partial charge in [0.15, 0.2) is 0 Å². The summed E-state index contributed by atoms with van der Waals surface area (Å²) >= 11 is 0. The number of benzene rings is 4. The van der Waals surface area contributed by atoms with E-state index in [0.717, 1.165) is 95.1 Å². The Hall–Kier alpha value is -7.23. The van der Waals surface area contributed by atoms with E-state index in [9.17, 15) is 39.0 Å². The number of carboxylic acid groups (broad SMARTS) is 2. The van der Waals surface area contributed by atoms with E-state index in [1.165, 1.54) is 12.1 Å². The fourth-order valence-electron chi connectivity index (χ4n) is 12.7. The van der Waals surface area contributed by atoms with Gasteiger partial charge < -0.3 is 58.0 Å². The van der Waals surface area contributed by atoms with Gasteiger partial charge in [-0.05, 0) is 162 Å². The molecular weight excluding hydrogens is 1090 g/mol. The minimum atomic E-state index is -1.43. The number of carbonyl (C=O) groups is 6. The number of aliphatic carboxylic acids is 2. The average molecular weight is 1160 g/mol. The zero-order valence-corrected chi connectivity index (χ0v) is 50.1. The monoisotopic (exact) mass is 1160 g/mol. The second-order valence-corrected chi connectivity index (χ2v) is 24.8. The fraction of sp³-hybridized carbons (Fsp3) is 0.438. The van der Waals surface area contributed by atoms with E-state index in [-0.39, 0.29) is 97.1 Å². The van der Waals surface area contributed by atoms with Crippen molar-refractivity contribution in [2.75, 3.05) is 26.2 Å². The number of rotatable bonds is 10. The van der Waals surface area contributed by atoms with Crippen LogP contribution in [0.3, 0.4) is 0 Å². The zero-order chi connectivity index (χ0) is 59.5. The van der Waals surface area contributed by atoms with Crippen LogP contribution in [0.2, 0.25) is 0 Å². The van der Waals surface area contributed by atoms with Gasteiger partial charge >= 0.3 is 49.9 Å². The van der Waals surface area contributed by atoms with E-state index >= 15 is 8.78 Å². The third-order valence-electron chi connectivity index (χ3n) is 16.9. The average Bonchev–Trinajstić information content (AvgIpc) is 1.89. The van der Waals surface area contributed by atoms with Crippen molar-refractivity contribution in [3.8, 4) is 22.3 Å². The van der Waals surface area contributed by atoms with Gasteiger partial charge in [0, 0.05) is 72.9 Å². The Kier molecular flexibility index (Phi) is 18.6. The van der Waals surface area contributed by atoms with Gasteiger partial charge in [0.05, 0.1) is 49.1 Å². The maximum atomic E-state index is 15.4. The predicted octanol–water partition coefficient (Wildman–Crippen LogP) is 2.40. The number of carboxylic acids is 2. The second-order valence-electron chi connectivity index (χ2n) is 24.8. The summed E-state index contributed by atoms with van der Waals surface area (Å²) in [6.45, 7) is 14.8. The predicted molar refractivity (Wildman–Crippen MR) is 300 cm³/mol. The molecule has 0 N–H and O–H groups in total. The van der Waals surface area contributed by atoms with Crippen LogP contribution in [0, 0.1) is 11.6 Å². The van der Waals surface area contributed by atoms with Crippen molar-refractivity contribution >= 4 is 35.9 Å². The zero-order valence-electron chi connectivity index (χ0n) is 50.1. The Balaban J connectivity index is 0.000000201. The summed E-state index contributed by atoms with van der Waals surface area (Å²) in [6.07, 6.45) is 8.96. The molecule has 22 heteroatoms. The van der Waals surface area contributed by atoms with E-state index in [1.807, 2.05) is 99.2 Å². The van der Waals surface area contributed by atoms with Gasteiger partial charge in [0.2, 0.25) is 0 Å². The Morgan fingerprint density at radius 2 is 0.884 bits per heavy atom. The third-order valence-corrected chi connectivity index (χ3v) is 16.9. The molecule has 2 unspecified atom stereocenters. The fourth-order valence-corrected chi connectivity index (χ4v) is 12.7. The summed E-state index contributed by atoms with van der Waals surface area (Å²) in [4.78, 5) is 90.6. The number of imidazole rings is 2. The molecule has 4 aromatic carbocycles. The van der Waals surface area contributed by atoms with Crippen molar-refractivity contribution in [1.82, 2.24) is 38.7 Å². The van der Waals surface area contributed by atoms with Crippen LogP contribution in [0.1, 0.15) is 170 Å². The number of aryl methyl sites for hydroxylation is 2. The first kappa shape index (κ1) is 63.3. The van der Waals surface area contributed by atoms with E-state index in [1.54, 1.807) is 34.6 Å². The molecule has 8 heterocycles. The Morgan fingerprint density at radius 3 is 1.21 bits per heavy atom. The summed E-state index contributed by atoms with van der Waals surface area (Å²) in [6, 6.07) is 19.0. The first-order chi connectivity index (χ1) is 40.0. The van der Waals surface area contributed by atoms with Gasteiger partial charge in [-0.1, -0.05) is 48.5 Å². The molecule has 86 heavy (non-hydrogen) atoms. The van der Waals surface area contributed by atoms with Crippen LogP contribution in [0.5, 0.6) is 0 Å². The Bertz CT molecular complexity index is 3350. The third kappa shape index (κ3) is 12.9. The van der Waals surface area contributed by atoms with Crippen LogP contribution < -0.4 is 47.9 Å². The number of ether oxygens (including phenoxy) is 2. The number of carbonyl (C=O) groups excluding carboxylic acids is 6. The summed E-state index contributed by atoms with van der Waals surface area (Å²) in [5.74, 6) is -4.49. The van der Waals surface area contributed by atoms with Crippen molar-refractivity contribution in [2.24, 2.45) is 0 Å². The van der Waals surface area contributed by atoms with Crippen LogP contribution in [0.15, 0.2) is 85.5 Å². The van der Waals surface area contributed by atoms with Crippen LogP contribution in [-0.2, 0) is 58.1 Å². The molecule has 6 aromatic rings. The molecule has 0 saturated carbocycles. The van der Waals surface area contributed by atoms with Gasteiger partial charge in [0.25, 0.3) is 11.8 Å². The second kappa shape index (κ2) is 25.2. The van der Waals surface area contributed by atoms with Crippen LogP contribution in [-0.4, -0.2) is 112 Å². The van der Waals surface area contributed by atoms with Gasteiger partial charge in [0.1, 0.15) is 34.9 Å².